The molecule has 0 amide bonds. The normalized spacial score (nSPS) is 23.0. The maximum Gasteiger partial charge on any atom is 0.341 e. The third-order valence-electron chi connectivity index (χ3n) is 4.00. The maximum absolute atomic E-state index is 10.4. The summed E-state index contributed by atoms with van der Waals surface area (Å²) < 4.78 is 5.10. The van der Waals surface area contributed by atoms with Crippen LogP contribution in [0, 0.1) is 0 Å². The van der Waals surface area contributed by atoms with Gasteiger partial charge in [0.25, 0.3) is 0 Å². The fourth-order valence-corrected chi connectivity index (χ4v) is 2.65. The summed E-state index contributed by atoms with van der Waals surface area (Å²) >= 11 is 0. The smallest absolute Gasteiger partial charge is 0.341 e. The van der Waals surface area contributed by atoms with E-state index in [9.17, 15) is 15.0 Å². The van der Waals surface area contributed by atoms with Crippen LogP contribution in [0.5, 0.6) is 5.75 Å². The molecule has 122 valence electrons. The Morgan fingerprint density at radius 2 is 1.95 bits per heavy atom. The van der Waals surface area contributed by atoms with E-state index in [0.29, 0.717) is 18.6 Å². The molecule has 6 nitrogen and oxygen atoms in total. The van der Waals surface area contributed by atoms with Gasteiger partial charge in [0.05, 0.1) is 12.2 Å². The molecule has 0 aliphatic carbocycles. The molecular formula is C16H23NO5. The number of benzene rings is 1. The van der Waals surface area contributed by atoms with E-state index in [0.717, 1.165) is 31.6 Å². The van der Waals surface area contributed by atoms with E-state index in [-0.39, 0.29) is 13.2 Å². The molecule has 0 saturated carbocycles. The van der Waals surface area contributed by atoms with Gasteiger partial charge in [0.15, 0.2) is 6.61 Å². The molecule has 1 aliphatic heterocycles. The van der Waals surface area contributed by atoms with Crippen molar-refractivity contribution in [1.29, 1.82) is 0 Å². The van der Waals surface area contributed by atoms with E-state index >= 15 is 0 Å². The minimum atomic E-state index is -0.995. The van der Waals surface area contributed by atoms with Crippen molar-refractivity contribution in [2.24, 2.45) is 0 Å². The third-order valence-corrected chi connectivity index (χ3v) is 4.00. The van der Waals surface area contributed by atoms with Crippen molar-refractivity contribution in [3.8, 4) is 5.75 Å². The zero-order valence-corrected chi connectivity index (χ0v) is 12.6. The van der Waals surface area contributed by atoms with Gasteiger partial charge in [-0.1, -0.05) is 12.1 Å². The lowest BCUT2D eigenvalue weighted by Crippen LogP contribution is -2.34. The highest BCUT2D eigenvalue weighted by Crippen LogP contribution is 2.23. The molecule has 1 heterocycles. The summed E-state index contributed by atoms with van der Waals surface area (Å²) in [6.07, 6.45) is 2.06. The molecule has 1 aliphatic rings. The molecule has 1 aromatic rings. The van der Waals surface area contributed by atoms with Gasteiger partial charge in [-0.05, 0) is 43.5 Å². The quantitative estimate of drug-likeness (QED) is 0.722. The number of rotatable bonds is 6. The summed E-state index contributed by atoms with van der Waals surface area (Å²) in [4.78, 5) is 12.7. The van der Waals surface area contributed by atoms with Gasteiger partial charge < -0.3 is 20.1 Å². The van der Waals surface area contributed by atoms with Crippen LogP contribution in [-0.4, -0.2) is 58.1 Å². The third kappa shape index (κ3) is 4.98. The van der Waals surface area contributed by atoms with Gasteiger partial charge in [-0.25, -0.2) is 4.79 Å². The van der Waals surface area contributed by atoms with Gasteiger partial charge in [-0.2, -0.15) is 0 Å². The SMILES string of the molecule is O=C(O)COc1ccc(CN2CCCC(O)(CO)CC2)cc1. The molecule has 0 bridgehead atoms. The Morgan fingerprint density at radius 3 is 2.59 bits per heavy atom. The standard InChI is InChI=1S/C16H23NO5/c18-12-16(21)6-1-8-17(9-7-16)10-13-2-4-14(5-3-13)22-11-15(19)20/h2-5,18,21H,1,6-12H2,(H,19,20). The van der Waals surface area contributed by atoms with Crippen molar-refractivity contribution in [2.75, 3.05) is 26.3 Å². The van der Waals surface area contributed by atoms with Gasteiger partial charge in [0.2, 0.25) is 0 Å². The lowest BCUT2D eigenvalue weighted by molar-refractivity contribution is -0.139. The van der Waals surface area contributed by atoms with Crippen LogP contribution in [0.3, 0.4) is 0 Å². The number of carboxylic acids is 1. The van der Waals surface area contributed by atoms with Crippen LogP contribution in [0.2, 0.25) is 0 Å². The lowest BCUT2D eigenvalue weighted by atomic mass is 9.96. The molecule has 1 atom stereocenters. The summed E-state index contributed by atoms with van der Waals surface area (Å²) in [5.74, 6) is -0.457. The Balaban J connectivity index is 1.87. The molecule has 1 unspecified atom stereocenters. The van der Waals surface area contributed by atoms with Crippen molar-refractivity contribution in [3.05, 3.63) is 29.8 Å². The van der Waals surface area contributed by atoms with Gasteiger partial charge in [0.1, 0.15) is 5.75 Å². The molecule has 1 fully saturated rings. The first-order valence-electron chi connectivity index (χ1n) is 7.50. The van der Waals surface area contributed by atoms with Crippen molar-refractivity contribution in [1.82, 2.24) is 4.90 Å². The summed E-state index contributed by atoms with van der Waals surface area (Å²) in [6, 6.07) is 7.36. The molecule has 3 N–H and O–H groups in total. The topological polar surface area (TPSA) is 90.2 Å². The van der Waals surface area contributed by atoms with Gasteiger partial charge >= 0.3 is 5.97 Å². The number of nitrogens with zero attached hydrogens (tertiary/aromatic N) is 1. The highest BCUT2D eigenvalue weighted by molar-refractivity contribution is 5.68. The van der Waals surface area contributed by atoms with Gasteiger partial charge in [-0.15, -0.1) is 0 Å². The van der Waals surface area contributed by atoms with E-state index in [2.05, 4.69) is 4.90 Å². The van der Waals surface area contributed by atoms with E-state index in [1.807, 2.05) is 12.1 Å². The zero-order chi connectivity index (χ0) is 16.0. The summed E-state index contributed by atoms with van der Waals surface area (Å²) in [6.45, 7) is 1.87. The number of likely N-dealkylation sites (tertiary alicyclic amines) is 1. The van der Waals surface area contributed by atoms with Crippen LogP contribution >= 0.6 is 0 Å². The second-order valence-corrected chi connectivity index (χ2v) is 5.84. The van der Waals surface area contributed by atoms with E-state index < -0.39 is 11.6 Å². The van der Waals surface area contributed by atoms with Crippen LogP contribution in [0.1, 0.15) is 24.8 Å². The molecular weight excluding hydrogens is 286 g/mol. The van der Waals surface area contributed by atoms with E-state index in [1.54, 1.807) is 12.1 Å². The number of hydrogen-bond donors (Lipinski definition) is 3. The van der Waals surface area contributed by atoms with Gasteiger partial charge in [-0.3, -0.25) is 4.90 Å². The zero-order valence-electron chi connectivity index (χ0n) is 12.6. The van der Waals surface area contributed by atoms with Crippen LogP contribution in [0.25, 0.3) is 0 Å². The highest BCUT2D eigenvalue weighted by atomic mass is 16.5. The van der Waals surface area contributed by atoms with Crippen LogP contribution < -0.4 is 4.74 Å². The van der Waals surface area contributed by atoms with Crippen molar-refractivity contribution in [2.45, 2.75) is 31.4 Å². The van der Waals surface area contributed by atoms with Crippen LogP contribution in [-0.2, 0) is 11.3 Å². The number of ether oxygens (including phenoxy) is 1. The molecule has 1 aromatic carbocycles. The molecule has 0 radical (unpaired) electrons. The largest absolute Gasteiger partial charge is 0.482 e. The second-order valence-electron chi connectivity index (χ2n) is 5.84. The minimum absolute atomic E-state index is 0.184. The Labute approximate surface area is 129 Å². The average Bonchev–Trinajstić information content (AvgIpc) is 2.69. The molecule has 22 heavy (non-hydrogen) atoms. The number of carboxylic acid groups (broad SMARTS) is 1. The van der Waals surface area contributed by atoms with Gasteiger partial charge in [0, 0.05) is 13.1 Å². The Kier molecular flexibility index (Phi) is 5.76. The Hall–Kier alpha value is -1.63. The second kappa shape index (κ2) is 7.58. The number of carbonyl (C=O) groups is 1. The molecule has 6 heteroatoms. The monoisotopic (exact) mass is 309 g/mol. The summed E-state index contributed by atoms with van der Waals surface area (Å²) in [5, 5.41) is 28.0. The van der Waals surface area contributed by atoms with E-state index in [1.165, 1.54) is 0 Å². The Bertz CT molecular complexity index is 490. The molecule has 2 rings (SSSR count). The predicted octanol–water partition coefficient (Wildman–Crippen LogP) is 0.859. The fraction of sp³-hybridized carbons (Fsp3) is 0.562. The first-order chi connectivity index (χ1) is 10.5. The minimum Gasteiger partial charge on any atom is -0.482 e. The van der Waals surface area contributed by atoms with E-state index in [4.69, 9.17) is 9.84 Å². The molecule has 1 saturated heterocycles. The number of hydrogen-bond acceptors (Lipinski definition) is 5. The average molecular weight is 309 g/mol. The first-order valence-corrected chi connectivity index (χ1v) is 7.50. The molecule has 0 aromatic heterocycles. The Morgan fingerprint density at radius 1 is 1.23 bits per heavy atom. The first kappa shape index (κ1) is 16.7. The van der Waals surface area contributed by atoms with Crippen molar-refractivity contribution < 1.29 is 24.9 Å². The highest BCUT2D eigenvalue weighted by Gasteiger charge is 2.29. The fourth-order valence-electron chi connectivity index (χ4n) is 2.65. The van der Waals surface area contributed by atoms with Crippen LogP contribution in [0.4, 0.5) is 0 Å². The lowest BCUT2D eigenvalue weighted by Gasteiger charge is -2.24. The maximum atomic E-state index is 10.4. The number of aliphatic hydroxyl groups is 2. The van der Waals surface area contributed by atoms with Crippen molar-refractivity contribution >= 4 is 5.97 Å². The molecule has 0 spiro atoms. The van der Waals surface area contributed by atoms with Crippen molar-refractivity contribution in [3.63, 3.8) is 0 Å². The summed E-state index contributed by atoms with van der Waals surface area (Å²) in [7, 11) is 0. The van der Waals surface area contributed by atoms with Crippen LogP contribution in [0.15, 0.2) is 24.3 Å². The number of aliphatic hydroxyl groups excluding tert-OH is 1. The number of aliphatic carboxylic acids is 1. The predicted molar refractivity (Wildman–Crippen MR) is 80.7 cm³/mol. The summed E-state index contributed by atoms with van der Waals surface area (Å²) in [5.41, 5.74) is 0.167.